The molecule has 150 valence electrons. The Morgan fingerprint density at radius 1 is 1.35 bits per heavy atom. The zero-order chi connectivity index (χ0) is 17.4. The molecule has 3 heterocycles. The highest BCUT2D eigenvalue weighted by Gasteiger charge is 2.51. The fourth-order valence-corrected chi connectivity index (χ4v) is 6.10. The summed E-state index contributed by atoms with van der Waals surface area (Å²) >= 11 is 1.63. The maximum absolute atomic E-state index is 13.2. The molecule has 1 aromatic heterocycles. The van der Waals surface area contributed by atoms with Crippen LogP contribution in [0.25, 0.3) is 0 Å². The summed E-state index contributed by atoms with van der Waals surface area (Å²) in [4.78, 5) is 19.5. The predicted molar refractivity (Wildman–Crippen MR) is 110 cm³/mol. The lowest BCUT2D eigenvalue weighted by molar-refractivity contribution is -0.136. The summed E-state index contributed by atoms with van der Waals surface area (Å²) in [5.41, 5.74) is 1.00. The molecule has 0 bridgehead atoms. The number of halogens is 2. The molecular weight excluding hydrogens is 417 g/mol. The lowest BCUT2D eigenvalue weighted by Crippen LogP contribution is -2.59. The number of amides is 1. The number of piperidine rings is 2. The minimum atomic E-state index is -3.46. The SMILES string of the molecule is Cc1csc(C2CCCN(C(=O)C3(S(C)(=O)=O)CCNCC3)C2)n1.Cl.Cl. The summed E-state index contributed by atoms with van der Waals surface area (Å²) in [5.74, 6) is 0.0178. The first-order chi connectivity index (χ1) is 11.3. The average Bonchev–Trinajstić information content (AvgIpc) is 3.00. The summed E-state index contributed by atoms with van der Waals surface area (Å²) in [6.45, 7) is 4.34. The Bertz CT molecular complexity index is 718. The number of thiazole rings is 1. The van der Waals surface area contributed by atoms with Gasteiger partial charge in [-0.05, 0) is 45.7 Å². The van der Waals surface area contributed by atoms with Gasteiger partial charge in [0.25, 0.3) is 0 Å². The molecule has 2 saturated heterocycles. The number of aromatic nitrogens is 1. The van der Waals surface area contributed by atoms with Crippen LogP contribution < -0.4 is 5.32 Å². The summed E-state index contributed by atoms with van der Waals surface area (Å²) in [6.07, 6.45) is 3.84. The van der Waals surface area contributed by atoms with Crippen molar-refractivity contribution in [1.82, 2.24) is 15.2 Å². The number of nitrogens with zero attached hydrogens (tertiary/aromatic N) is 2. The third-order valence-corrected chi connectivity index (χ3v) is 8.33. The van der Waals surface area contributed by atoms with Crippen LogP contribution in [0, 0.1) is 6.92 Å². The van der Waals surface area contributed by atoms with Gasteiger partial charge in [-0.15, -0.1) is 36.2 Å². The number of hydrogen-bond donors (Lipinski definition) is 1. The van der Waals surface area contributed by atoms with Crippen LogP contribution in [-0.2, 0) is 14.6 Å². The quantitative estimate of drug-likeness (QED) is 0.773. The topological polar surface area (TPSA) is 79.4 Å². The van der Waals surface area contributed by atoms with Gasteiger partial charge in [0.1, 0.15) is 0 Å². The summed E-state index contributed by atoms with van der Waals surface area (Å²) in [5, 5.41) is 6.25. The minimum Gasteiger partial charge on any atom is -0.341 e. The van der Waals surface area contributed by atoms with Gasteiger partial charge in [0.2, 0.25) is 5.91 Å². The van der Waals surface area contributed by atoms with Gasteiger partial charge in [-0.3, -0.25) is 4.79 Å². The molecular formula is C16H27Cl2N3O3S2. The van der Waals surface area contributed by atoms with Crippen molar-refractivity contribution in [2.45, 2.75) is 43.3 Å². The van der Waals surface area contributed by atoms with E-state index in [1.54, 1.807) is 16.2 Å². The number of aryl methyl sites for hydroxylation is 1. The van der Waals surface area contributed by atoms with Crippen LogP contribution in [0.15, 0.2) is 5.38 Å². The summed E-state index contributed by atoms with van der Waals surface area (Å²) in [6, 6.07) is 0. The van der Waals surface area contributed by atoms with Gasteiger partial charge in [-0.1, -0.05) is 0 Å². The Kier molecular flexibility index (Phi) is 8.35. The van der Waals surface area contributed by atoms with E-state index in [4.69, 9.17) is 0 Å². The molecule has 1 aromatic rings. The van der Waals surface area contributed by atoms with E-state index in [1.165, 1.54) is 6.26 Å². The maximum Gasteiger partial charge on any atom is 0.244 e. The predicted octanol–water partition coefficient (Wildman–Crippen LogP) is 2.17. The summed E-state index contributed by atoms with van der Waals surface area (Å²) < 4.78 is 23.7. The van der Waals surface area contributed by atoms with Gasteiger partial charge in [0.05, 0.1) is 5.01 Å². The second-order valence-corrected chi connectivity index (χ2v) is 10.1. The van der Waals surface area contributed by atoms with Crippen molar-refractivity contribution < 1.29 is 13.2 Å². The van der Waals surface area contributed by atoms with Crippen molar-refractivity contribution in [3.05, 3.63) is 16.1 Å². The molecule has 0 saturated carbocycles. The first-order valence-corrected chi connectivity index (χ1v) is 11.2. The third kappa shape index (κ3) is 4.52. The van der Waals surface area contributed by atoms with Gasteiger partial charge >= 0.3 is 0 Å². The first kappa shape index (κ1) is 23.6. The molecule has 2 fully saturated rings. The van der Waals surface area contributed by atoms with Crippen molar-refractivity contribution >= 4 is 51.9 Å². The van der Waals surface area contributed by atoms with E-state index in [0.29, 0.717) is 39.0 Å². The van der Waals surface area contributed by atoms with Crippen molar-refractivity contribution in [3.8, 4) is 0 Å². The van der Waals surface area contributed by atoms with Gasteiger partial charge in [0, 0.05) is 36.3 Å². The lowest BCUT2D eigenvalue weighted by atomic mass is 9.92. The van der Waals surface area contributed by atoms with Crippen molar-refractivity contribution in [2.75, 3.05) is 32.4 Å². The number of sulfone groups is 1. The van der Waals surface area contributed by atoms with E-state index < -0.39 is 14.6 Å². The van der Waals surface area contributed by atoms with Crippen LogP contribution in [0.3, 0.4) is 0 Å². The molecule has 10 heteroatoms. The Hall–Kier alpha value is -0.410. The average molecular weight is 444 g/mol. The van der Waals surface area contributed by atoms with Crippen LogP contribution >= 0.6 is 36.2 Å². The largest absolute Gasteiger partial charge is 0.341 e. The monoisotopic (exact) mass is 443 g/mol. The van der Waals surface area contributed by atoms with Crippen LogP contribution in [0.1, 0.15) is 42.3 Å². The van der Waals surface area contributed by atoms with E-state index in [-0.39, 0.29) is 36.6 Å². The molecule has 2 aliphatic heterocycles. The Balaban J connectivity index is 0.00000169. The van der Waals surface area contributed by atoms with Crippen LogP contribution in [0.2, 0.25) is 0 Å². The molecule has 1 unspecified atom stereocenters. The number of likely N-dealkylation sites (tertiary alicyclic amines) is 1. The number of carbonyl (C=O) groups excluding carboxylic acids is 1. The number of rotatable bonds is 3. The number of hydrogen-bond acceptors (Lipinski definition) is 6. The summed E-state index contributed by atoms with van der Waals surface area (Å²) in [7, 11) is -3.46. The van der Waals surface area contributed by atoms with Crippen LogP contribution in [0.5, 0.6) is 0 Å². The Labute approximate surface area is 171 Å². The molecule has 1 amide bonds. The van der Waals surface area contributed by atoms with Crippen LogP contribution in [0.4, 0.5) is 0 Å². The van der Waals surface area contributed by atoms with E-state index in [9.17, 15) is 13.2 Å². The number of carbonyl (C=O) groups is 1. The van der Waals surface area contributed by atoms with E-state index in [2.05, 4.69) is 10.3 Å². The zero-order valence-electron chi connectivity index (χ0n) is 15.1. The molecule has 6 nitrogen and oxygen atoms in total. The molecule has 26 heavy (non-hydrogen) atoms. The molecule has 0 radical (unpaired) electrons. The second kappa shape index (κ2) is 9.19. The smallest absolute Gasteiger partial charge is 0.244 e. The minimum absolute atomic E-state index is 0. The van der Waals surface area contributed by atoms with Gasteiger partial charge in [-0.2, -0.15) is 0 Å². The van der Waals surface area contributed by atoms with Crippen molar-refractivity contribution in [3.63, 3.8) is 0 Å². The highest BCUT2D eigenvalue weighted by Crippen LogP contribution is 2.34. The fraction of sp³-hybridized carbons (Fsp3) is 0.750. The molecule has 0 aromatic carbocycles. The van der Waals surface area contributed by atoms with Crippen molar-refractivity contribution in [2.24, 2.45) is 0 Å². The highest BCUT2D eigenvalue weighted by molar-refractivity contribution is 7.92. The molecule has 1 N–H and O–H groups in total. The molecule has 2 aliphatic rings. The highest BCUT2D eigenvalue weighted by atomic mass is 35.5. The maximum atomic E-state index is 13.2. The first-order valence-electron chi connectivity index (χ1n) is 8.45. The second-order valence-electron chi connectivity index (χ2n) is 6.93. The normalized spacial score (nSPS) is 22.8. The zero-order valence-corrected chi connectivity index (χ0v) is 18.3. The molecule has 3 rings (SSSR count). The van der Waals surface area contributed by atoms with E-state index >= 15 is 0 Å². The van der Waals surface area contributed by atoms with Gasteiger partial charge < -0.3 is 10.2 Å². The molecule has 0 aliphatic carbocycles. The lowest BCUT2D eigenvalue weighted by Gasteiger charge is -2.41. The van der Waals surface area contributed by atoms with E-state index in [1.807, 2.05) is 12.3 Å². The van der Waals surface area contributed by atoms with Crippen molar-refractivity contribution in [1.29, 1.82) is 0 Å². The molecule has 1 atom stereocenters. The molecule has 0 spiro atoms. The Morgan fingerprint density at radius 3 is 2.54 bits per heavy atom. The fourth-order valence-electron chi connectivity index (χ4n) is 3.78. The van der Waals surface area contributed by atoms with Gasteiger partial charge in [0.15, 0.2) is 14.6 Å². The number of nitrogens with one attached hydrogen (secondary N) is 1. The Morgan fingerprint density at radius 2 is 2.00 bits per heavy atom. The standard InChI is InChI=1S/C16H25N3O3S2.2ClH/c1-12-11-23-14(18-12)13-4-3-9-19(10-13)15(20)16(24(2,21)22)5-7-17-8-6-16;;/h11,13,17H,3-10H2,1-2H3;2*1H. The van der Waals surface area contributed by atoms with Gasteiger partial charge in [-0.25, -0.2) is 13.4 Å². The van der Waals surface area contributed by atoms with E-state index in [0.717, 1.165) is 23.5 Å². The third-order valence-electron chi connectivity index (χ3n) is 5.21. The van der Waals surface area contributed by atoms with Crippen LogP contribution in [-0.4, -0.2) is 61.4 Å².